The third-order valence-electron chi connectivity index (χ3n) is 4.68. The number of likely N-dealkylation sites (N-methyl/N-ethyl adjacent to an activating group) is 1. The van der Waals surface area contributed by atoms with Gasteiger partial charge in [-0.25, -0.2) is 4.39 Å². The van der Waals surface area contributed by atoms with Crippen LogP contribution in [0.3, 0.4) is 0 Å². The normalized spacial score (nSPS) is 16.7. The second kappa shape index (κ2) is 8.51. The summed E-state index contributed by atoms with van der Waals surface area (Å²) in [6, 6.07) is 2.93. The average molecular weight is 382 g/mol. The summed E-state index contributed by atoms with van der Waals surface area (Å²) in [4.78, 5) is 12.4. The third kappa shape index (κ3) is 4.84. The molecule has 0 aromatic heterocycles. The van der Waals surface area contributed by atoms with Crippen LogP contribution in [0.15, 0.2) is 12.1 Å². The van der Waals surface area contributed by atoms with E-state index in [0.29, 0.717) is 6.54 Å². The van der Waals surface area contributed by atoms with Crippen LogP contribution >= 0.6 is 0 Å². The number of hydrogen-bond donors (Lipinski definition) is 1. The van der Waals surface area contributed by atoms with Crippen molar-refractivity contribution in [2.45, 2.75) is 40.0 Å². The van der Waals surface area contributed by atoms with Crippen molar-refractivity contribution in [3.63, 3.8) is 0 Å². The van der Waals surface area contributed by atoms with Gasteiger partial charge in [0.25, 0.3) is 5.91 Å². The number of nitrogens with one attached hydrogen (secondary N) is 1. The molecule has 1 amide bonds. The van der Waals surface area contributed by atoms with Gasteiger partial charge in [-0.3, -0.25) is 4.79 Å². The summed E-state index contributed by atoms with van der Waals surface area (Å²) in [5.41, 5.74) is 2.32. The van der Waals surface area contributed by atoms with Crippen LogP contribution in [0, 0.1) is 19.7 Å². The fraction of sp³-hybridized carbons (Fsp3) is 0.588. The zero-order valence-electron chi connectivity index (χ0n) is 13.9. The number of rotatable bonds is 4. The van der Waals surface area contributed by atoms with Gasteiger partial charge in [0.05, 0.1) is 19.6 Å². The molecule has 119 valence electrons. The SMILES string of the molecule is CC[N+]1(CC(=O)Nc2c(C)cc(F)cc2C)CCCCC1.[Y]. The molecule has 1 aliphatic rings. The van der Waals surface area contributed by atoms with Gasteiger partial charge in [0.15, 0.2) is 6.54 Å². The van der Waals surface area contributed by atoms with Crippen molar-refractivity contribution >= 4 is 11.6 Å². The number of nitrogens with zero attached hydrogens (tertiary/aromatic N) is 1. The van der Waals surface area contributed by atoms with Crippen LogP contribution in [0.5, 0.6) is 0 Å². The molecule has 5 heteroatoms. The molecule has 1 N–H and O–H groups in total. The molecule has 1 saturated heterocycles. The van der Waals surface area contributed by atoms with E-state index in [2.05, 4.69) is 12.2 Å². The molecular formula is C17H26FN2OY+. The van der Waals surface area contributed by atoms with Gasteiger partial charge < -0.3 is 9.80 Å². The van der Waals surface area contributed by atoms with E-state index in [9.17, 15) is 9.18 Å². The molecule has 1 radical (unpaired) electrons. The van der Waals surface area contributed by atoms with E-state index in [-0.39, 0.29) is 44.4 Å². The maximum atomic E-state index is 13.3. The van der Waals surface area contributed by atoms with E-state index >= 15 is 0 Å². The van der Waals surface area contributed by atoms with Crippen LogP contribution in [0.25, 0.3) is 0 Å². The van der Waals surface area contributed by atoms with E-state index in [1.165, 1.54) is 31.4 Å². The van der Waals surface area contributed by atoms with Crippen molar-refractivity contribution in [1.29, 1.82) is 0 Å². The number of carbonyl (C=O) groups is 1. The molecule has 3 nitrogen and oxygen atoms in total. The number of carbonyl (C=O) groups excluding carboxylic acids is 1. The Morgan fingerprint density at radius 2 is 1.73 bits per heavy atom. The molecule has 22 heavy (non-hydrogen) atoms. The summed E-state index contributed by atoms with van der Waals surface area (Å²) in [6.45, 7) is 9.51. The molecule has 0 bridgehead atoms. The van der Waals surface area contributed by atoms with Gasteiger partial charge in [-0.2, -0.15) is 0 Å². The first kappa shape index (κ1) is 19.7. The summed E-state index contributed by atoms with van der Waals surface area (Å²) in [5.74, 6) is -0.215. The summed E-state index contributed by atoms with van der Waals surface area (Å²) < 4.78 is 14.2. The van der Waals surface area contributed by atoms with Gasteiger partial charge in [-0.15, -0.1) is 0 Å². The van der Waals surface area contributed by atoms with Crippen LogP contribution in [0.1, 0.15) is 37.3 Å². The van der Waals surface area contributed by atoms with Crippen molar-refractivity contribution in [3.8, 4) is 0 Å². The molecule has 0 unspecified atom stereocenters. The number of piperidine rings is 1. The summed E-state index contributed by atoms with van der Waals surface area (Å²) in [5, 5.41) is 2.99. The predicted octanol–water partition coefficient (Wildman–Crippen LogP) is 3.40. The summed E-state index contributed by atoms with van der Waals surface area (Å²) >= 11 is 0. The summed E-state index contributed by atoms with van der Waals surface area (Å²) in [6.07, 6.45) is 3.68. The minimum atomic E-state index is -0.254. The van der Waals surface area contributed by atoms with Crippen molar-refractivity contribution in [2.24, 2.45) is 0 Å². The van der Waals surface area contributed by atoms with Crippen molar-refractivity contribution in [1.82, 2.24) is 0 Å². The zero-order chi connectivity index (χ0) is 15.5. The first-order valence-corrected chi connectivity index (χ1v) is 7.87. The van der Waals surface area contributed by atoms with Crippen LogP contribution in [-0.2, 0) is 37.5 Å². The maximum Gasteiger partial charge on any atom is 0.279 e. The van der Waals surface area contributed by atoms with Gasteiger partial charge in [0.2, 0.25) is 0 Å². The quantitative estimate of drug-likeness (QED) is 0.795. The number of hydrogen-bond acceptors (Lipinski definition) is 1. The molecule has 1 fully saturated rings. The van der Waals surface area contributed by atoms with Crippen LogP contribution in [0.2, 0.25) is 0 Å². The predicted molar refractivity (Wildman–Crippen MR) is 83.8 cm³/mol. The first-order chi connectivity index (χ1) is 9.96. The smallest absolute Gasteiger partial charge is 0.279 e. The fourth-order valence-electron chi connectivity index (χ4n) is 3.36. The minimum absolute atomic E-state index is 0. The van der Waals surface area contributed by atoms with Crippen LogP contribution < -0.4 is 5.32 Å². The summed E-state index contributed by atoms with van der Waals surface area (Å²) in [7, 11) is 0. The number of halogens is 1. The number of anilines is 1. The molecule has 1 aromatic rings. The van der Waals surface area contributed by atoms with E-state index in [1.54, 1.807) is 0 Å². The van der Waals surface area contributed by atoms with Crippen molar-refractivity contribution < 1.29 is 46.4 Å². The number of likely N-dealkylation sites (tertiary alicyclic amines) is 1. The van der Waals surface area contributed by atoms with E-state index in [0.717, 1.165) is 40.9 Å². The topological polar surface area (TPSA) is 29.1 Å². The Hall–Kier alpha value is -0.316. The first-order valence-electron chi connectivity index (χ1n) is 7.87. The van der Waals surface area contributed by atoms with E-state index in [4.69, 9.17) is 0 Å². The number of amides is 1. The maximum absolute atomic E-state index is 13.3. The third-order valence-corrected chi connectivity index (χ3v) is 4.68. The van der Waals surface area contributed by atoms with Gasteiger partial charge >= 0.3 is 0 Å². The minimum Gasteiger partial charge on any atom is -0.321 e. The zero-order valence-corrected chi connectivity index (χ0v) is 16.8. The number of benzene rings is 1. The Morgan fingerprint density at radius 3 is 2.23 bits per heavy atom. The Bertz CT molecular complexity index is 504. The van der Waals surface area contributed by atoms with Gasteiger partial charge in [0, 0.05) is 38.4 Å². The Balaban J connectivity index is 0.00000242. The second-order valence-corrected chi connectivity index (χ2v) is 6.29. The Morgan fingerprint density at radius 1 is 1.18 bits per heavy atom. The molecule has 0 saturated carbocycles. The standard InChI is InChI=1S/C17H25FN2O.Y/c1-4-20(8-6-5-7-9-20)12-16(21)19-17-13(2)10-15(18)11-14(17)3;/h10-11H,4-9,12H2,1-3H3;/p+1. The monoisotopic (exact) mass is 382 g/mol. The largest absolute Gasteiger partial charge is 0.321 e. The van der Waals surface area contributed by atoms with Crippen molar-refractivity contribution in [2.75, 3.05) is 31.5 Å². The second-order valence-electron chi connectivity index (χ2n) is 6.29. The molecule has 0 atom stereocenters. The Kier molecular flexibility index (Phi) is 7.63. The number of quaternary nitrogens is 1. The van der Waals surface area contributed by atoms with E-state index < -0.39 is 0 Å². The Labute approximate surface area is 158 Å². The molecule has 0 spiro atoms. The van der Waals surface area contributed by atoms with Gasteiger partial charge in [-0.1, -0.05) is 0 Å². The van der Waals surface area contributed by atoms with Gasteiger partial charge in [-0.05, 0) is 63.3 Å². The molecule has 0 aliphatic carbocycles. The molecular weight excluding hydrogens is 356 g/mol. The number of aryl methyl sites for hydroxylation is 2. The fourth-order valence-corrected chi connectivity index (χ4v) is 3.36. The molecule has 1 aliphatic heterocycles. The van der Waals surface area contributed by atoms with Crippen molar-refractivity contribution in [3.05, 3.63) is 29.1 Å². The molecule has 1 heterocycles. The molecule has 2 rings (SSSR count). The van der Waals surface area contributed by atoms with Gasteiger partial charge in [0.1, 0.15) is 5.82 Å². The molecule has 1 aromatic carbocycles. The van der Waals surface area contributed by atoms with Crippen LogP contribution in [0.4, 0.5) is 10.1 Å². The van der Waals surface area contributed by atoms with Crippen LogP contribution in [-0.4, -0.2) is 36.6 Å². The van der Waals surface area contributed by atoms with E-state index in [1.807, 2.05) is 13.8 Å². The average Bonchev–Trinajstić information content (AvgIpc) is 2.44.